The number of rotatable bonds is 4. The van der Waals surface area contributed by atoms with Crippen LogP contribution in [-0.2, 0) is 22.7 Å². The highest BCUT2D eigenvalue weighted by atomic mass is 16.6. The standard InChI is InChI=1S/C26H28N2O4/c1-19-23-15-9-10-16-24(23)20(2)28(26(30)32-18-22-13-7-4-8-14-22)27(19)25(29)31-17-21-11-5-3-6-12-21/h3-8,11-14H,9-10,15-18H2,1-2H3. The van der Waals surface area contributed by atoms with Gasteiger partial charge in [-0.25, -0.2) is 9.59 Å². The summed E-state index contributed by atoms with van der Waals surface area (Å²) in [6.07, 6.45) is 2.70. The number of hydrazine groups is 1. The van der Waals surface area contributed by atoms with Crippen molar-refractivity contribution in [2.24, 2.45) is 0 Å². The van der Waals surface area contributed by atoms with Gasteiger partial charge in [-0.2, -0.15) is 10.0 Å². The predicted molar refractivity (Wildman–Crippen MR) is 121 cm³/mol. The Hall–Kier alpha value is -3.54. The predicted octanol–water partition coefficient (Wildman–Crippen LogP) is 6.31. The first-order chi connectivity index (χ1) is 15.6. The Bertz CT molecular complexity index is 959. The lowest BCUT2D eigenvalue weighted by molar-refractivity contribution is 0.00652. The third kappa shape index (κ3) is 4.54. The van der Waals surface area contributed by atoms with Crippen LogP contribution in [-0.4, -0.2) is 22.2 Å². The number of carbonyl (C=O) groups excluding carboxylic acids is 2. The van der Waals surface area contributed by atoms with Gasteiger partial charge in [0.2, 0.25) is 0 Å². The molecule has 32 heavy (non-hydrogen) atoms. The monoisotopic (exact) mass is 432 g/mol. The fourth-order valence-electron chi connectivity index (χ4n) is 4.26. The number of amides is 2. The van der Waals surface area contributed by atoms with Crippen LogP contribution in [0.5, 0.6) is 0 Å². The van der Waals surface area contributed by atoms with Crippen LogP contribution in [0.2, 0.25) is 0 Å². The number of carbonyl (C=O) groups is 2. The fraction of sp³-hybridized carbons (Fsp3) is 0.308. The lowest BCUT2D eigenvalue weighted by Crippen LogP contribution is -2.50. The topological polar surface area (TPSA) is 59.1 Å². The van der Waals surface area contributed by atoms with Gasteiger partial charge >= 0.3 is 12.2 Å². The van der Waals surface area contributed by atoms with Crippen molar-refractivity contribution in [1.29, 1.82) is 0 Å². The second kappa shape index (κ2) is 9.73. The zero-order valence-corrected chi connectivity index (χ0v) is 18.5. The van der Waals surface area contributed by atoms with Crippen molar-refractivity contribution in [3.8, 4) is 0 Å². The van der Waals surface area contributed by atoms with Gasteiger partial charge in [0, 0.05) is 11.4 Å². The molecule has 1 aliphatic heterocycles. The van der Waals surface area contributed by atoms with Crippen LogP contribution in [0.4, 0.5) is 9.59 Å². The molecule has 0 radical (unpaired) electrons. The van der Waals surface area contributed by atoms with Crippen LogP contribution in [0.1, 0.15) is 50.7 Å². The van der Waals surface area contributed by atoms with E-state index in [9.17, 15) is 9.59 Å². The highest BCUT2D eigenvalue weighted by molar-refractivity contribution is 5.79. The molecule has 0 atom stereocenters. The van der Waals surface area contributed by atoms with E-state index in [1.807, 2.05) is 74.5 Å². The molecule has 6 heteroatoms. The van der Waals surface area contributed by atoms with Crippen molar-refractivity contribution in [2.75, 3.05) is 0 Å². The Morgan fingerprint density at radius 3 is 1.44 bits per heavy atom. The Morgan fingerprint density at radius 2 is 1.06 bits per heavy atom. The number of ether oxygens (including phenoxy) is 2. The van der Waals surface area contributed by atoms with Gasteiger partial charge in [0.1, 0.15) is 13.2 Å². The van der Waals surface area contributed by atoms with E-state index in [2.05, 4.69) is 0 Å². The molecular formula is C26H28N2O4. The molecule has 2 aromatic carbocycles. The summed E-state index contributed by atoms with van der Waals surface area (Å²) in [5, 5.41) is 2.66. The minimum absolute atomic E-state index is 0.126. The minimum Gasteiger partial charge on any atom is -0.443 e. The van der Waals surface area contributed by atoms with Crippen molar-refractivity contribution < 1.29 is 19.1 Å². The first kappa shape index (κ1) is 21.7. The smallest absolute Gasteiger partial charge is 0.434 e. The molecule has 4 rings (SSSR count). The van der Waals surface area contributed by atoms with Crippen LogP contribution < -0.4 is 0 Å². The summed E-state index contributed by atoms with van der Waals surface area (Å²) in [5.41, 5.74) is 5.45. The van der Waals surface area contributed by atoms with Crippen LogP contribution in [0.25, 0.3) is 0 Å². The summed E-state index contributed by atoms with van der Waals surface area (Å²) in [4.78, 5) is 26.4. The molecule has 2 amide bonds. The Labute approximate surface area is 188 Å². The van der Waals surface area contributed by atoms with E-state index in [1.54, 1.807) is 0 Å². The van der Waals surface area contributed by atoms with Crippen molar-refractivity contribution in [3.63, 3.8) is 0 Å². The normalized spacial score (nSPS) is 16.1. The highest BCUT2D eigenvalue weighted by Gasteiger charge is 2.39. The van der Waals surface area contributed by atoms with Crippen LogP contribution in [0, 0.1) is 0 Å². The number of fused-ring (bicyclic) bond motifs is 1. The van der Waals surface area contributed by atoms with E-state index in [-0.39, 0.29) is 13.2 Å². The maximum Gasteiger partial charge on any atom is 0.434 e. The van der Waals surface area contributed by atoms with E-state index in [0.717, 1.165) is 59.4 Å². The maximum absolute atomic E-state index is 13.2. The first-order valence-corrected chi connectivity index (χ1v) is 11.0. The third-order valence-electron chi connectivity index (χ3n) is 5.93. The van der Waals surface area contributed by atoms with E-state index in [1.165, 1.54) is 10.0 Å². The van der Waals surface area contributed by atoms with Gasteiger partial charge < -0.3 is 9.47 Å². The molecule has 6 nitrogen and oxygen atoms in total. The second-order valence-corrected chi connectivity index (χ2v) is 8.04. The van der Waals surface area contributed by atoms with Gasteiger partial charge in [0.15, 0.2) is 0 Å². The Balaban J connectivity index is 1.58. The number of allylic oxidation sites excluding steroid dienone is 4. The summed E-state index contributed by atoms with van der Waals surface area (Å²) < 4.78 is 11.2. The summed E-state index contributed by atoms with van der Waals surface area (Å²) in [7, 11) is 0. The molecule has 1 fully saturated rings. The van der Waals surface area contributed by atoms with Gasteiger partial charge in [0.05, 0.1) is 0 Å². The Morgan fingerprint density at radius 1 is 0.688 bits per heavy atom. The van der Waals surface area contributed by atoms with E-state index >= 15 is 0 Å². The van der Waals surface area contributed by atoms with Gasteiger partial charge in [0.25, 0.3) is 0 Å². The number of hydrogen-bond acceptors (Lipinski definition) is 4. The third-order valence-corrected chi connectivity index (χ3v) is 5.93. The lowest BCUT2D eigenvalue weighted by Gasteiger charge is -2.41. The van der Waals surface area contributed by atoms with E-state index < -0.39 is 12.2 Å². The average Bonchev–Trinajstić information content (AvgIpc) is 2.84. The second-order valence-electron chi connectivity index (χ2n) is 8.04. The molecule has 166 valence electrons. The van der Waals surface area contributed by atoms with E-state index in [0.29, 0.717) is 0 Å². The van der Waals surface area contributed by atoms with Crippen molar-refractivity contribution in [1.82, 2.24) is 10.0 Å². The zero-order chi connectivity index (χ0) is 22.5. The number of nitrogens with zero attached hydrogens (tertiary/aromatic N) is 2. The zero-order valence-electron chi connectivity index (χ0n) is 18.5. The molecule has 0 aromatic heterocycles. The first-order valence-electron chi connectivity index (χ1n) is 11.0. The van der Waals surface area contributed by atoms with Crippen LogP contribution in [0.15, 0.2) is 83.2 Å². The van der Waals surface area contributed by atoms with Gasteiger partial charge in [-0.15, -0.1) is 0 Å². The molecular weight excluding hydrogens is 404 g/mol. The van der Waals surface area contributed by atoms with Crippen molar-refractivity contribution in [2.45, 2.75) is 52.7 Å². The molecule has 0 saturated heterocycles. The molecule has 0 N–H and O–H groups in total. The molecule has 1 heterocycles. The summed E-state index contributed by atoms with van der Waals surface area (Å²) in [5.74, 6) is 0. The Kier molecular flexibility index (Phi) is 6.59. The molecule has 0 unspecified atom stereocenters. The molecule has 0 spiro atoms. The minimum atomic E-state index is -0.598. The largest absolute Gasteiger partial charge is 0.443 e. The molecule has 0 bridgehead atoms. The van der Waals surface area contributed by atoms with Crippen molar-refractivity contribution in [3.05, 3.63) is 94.3 Å². The lowest BCUT2D eigenvalue weighted by atomic mass is 9.86. The summed E-state index contributed by atoms with van der Waals surface area (Å²) in [6.45, 7) is 3.99. The highest BCUT2D eigenvalue weighted by Crippen LogP contribution is 2.40. The van der Waals surface area contributed by atoms with Gasteiger partial charge in [-0.3, -0.25) is 0 Å². The fourth-order valence-corrected chi connectivity index (χ4v) is 4.26. The molecule has 2 aliphatic rings. The van der Waals surface area contributed by atoms with E-state index in [4.69, 9.17) is 9.47 Å². The maximum atomic E-state index is 13.2. The molecule has 2 aromatic rings. The number of benzene rings is 2. The van der Waals surface area contributed by atoms with Gasteiger partial charge in [-0.1, -0.05) is 60.7 Å². The summed E-state index contributed by atoms with van der Waals surface area (Å²) in [6, 6.07) is 19.0. The quantitative estimate of drug-likeness (QED) is 0.568. The summed E-state index contributed by atoms with van der Waals surface area (Å²) >= 11 is 0. The van der Waals surface area contributed by atoms with Gasteiger partial charge in [-0.05, 0) is 61.8 Å². The average molecular weight is 433 g/mol. The van der Waals surface area contributed by atoms with Crippen LogP contribution >= 0.6 is 0 Å². The SMILES string of the molecule is CC1=C2CCCCC2=C(C)N(C(=O)OCc2ccccc2)N1C(=O)OCc1ccccc1. The molecule has 1 aliphatic carbocycles. The molecule has 1 saturated carbocycles. The van der Waals surface area contributed by atoms with Crippen LogP contribution in [0.3, 0.4) is 0 Å². The number of hydrogen-bond donors (Lipinski definition) is 0. The van der Waals surface area contributed by atoms with Crippen molar-refractivity contribution >= 4 is 12.2 Å².